The lowest BCUT2D eigenvalue weighted by Gasteiger charge is -2.28. The van der Waals surface area contributed by atoms with Crippen molar-refractivity contribution in [2.24, 2.45) is 4.99 Å². The van der Waals surface area contributed by atoms with Crippen molar-refractivity contribution >= 4 is 51.9 Å². The second-order valence-electron chi connectivity index (χ2n) is 11.1. The van der Waals surface area contributed by atoms with Crippen molar-refractivity contribution in [2.45, 2.75) is 51.9 Å². The van der Waals surface area contributed by atoms with Crippen LogP contribution in [-0.2, 0) is 16.0 Å². The van der Waals surface area contributed by atoms with Crippen LogP contribution in [0.15, 0.2) is 46.8 Å². The van der Waals surface area contributed by atoms with Crippen molar-refractivity contribution in [2.75, 3.05) is 42.6 Å². The number of aromatic nitrogens is 1. The lowest BCUT2D eigenvalue weighted by Crippen LogP contribution is -2.30. The Morgan fingerprint density at radius 1 is 0.826 bits per heavy atom. The maximum Gasteiger partial charge on any atom is 0.311 e. The minimum absolute atomic E-state index is 0.0358. The number of piperidine rings is 2. The molecular formula is C31H34N6O8S. The van der Waals surface area contributed by atoms with Gasteiger partial charge in [-0.3, -0.25) is 39.2 Å². The van der Waals surface area contributed by atoms with E-state index in [1.165, 1.54) is 35.7 Å². The number of nitro groups is 2. The van der Waals surface area contributed by atoms with Crippen molar-refractivity contribution in [3.05, 3.63) is 83.6 Å². The Morgan fingerprint density at radius 3 is 1.87 bits per heavy atom. The fraction of sp³-hybridized carbons (Fsp3) is 0.419. The zero-order chi connectivity index (χ0) is 32.8. The Morgan fingerprint density at radius 2 is 1.35 bits per heavy atom. The van der Waals surface area contributed by atoms with E-state index in [1.54, 1.807) is 13.0 Å². The molecule has 2 aliphatic heterocycles. The number of anilines is 2. The van der Waals surface area contributed by atoms with Gasteiger partial charge in [-0.25, -0.2) is 0 Å². The molecule has 242 valence electrons. The zero-order valence-electron chi connectivity index (χ0n) is 25.4. The molecule has 0 radical (unpaired) electrons. The van der Waals surface area contributed by atoms with E-state index in [1.807, 2.05) is 9.80 Å². The van der Waals surface area contributed by atoms with E-state index >= 15 is 0 Å². The number of carbonyl (C=O) groups is 3. The first-order valence-electron chi connectivity index (χ1n) is 15.2. The van der Waals surface area contributed by atoms with Gasteiger partial charge in [0.05, 0.1) is 22.9 Å². The molecule has 2 fully saturated rings. The predicted molar refractivity (Wildman–Crippen MR) is 171 cm³/mol. The van der Waals surface area contributed by atoms with Crippen molar-refractivity contribution in [3.63, 3.8) is 0 Å². The van der Waals surface area contributed by atoms with Crippen LogP contribution in [0.2, 0.25) is 0 Å². The quantitative estimate of drug-likeness (QED) is 0.177. The predicted octanol–water partition coefficient (Wildman–Crippen LogP) is 4.88. The van der Waals surface area contributed by atoms with E-state index < -0.39 is 27.6 Å². The molecular weight excluding hydrogens is 616 g/mol. The molecule has 0 unspecified atom stereocenters. The van der Waals surface area contributed by atoms with Gasteiger partial charge in [-0.05, 0) is 69.7 Å². The SMILES string of the molecule is CCOC(=O)Cc1csc(=NC(=O)c2ccc(N3CCCCC3)c([N+](=O)[O-])c2)n1C(=O)c1ccc(N2CCCCC2)c([N+](=O)[O-])c1. The zero-order valence-corrected chi connectivity index (χ0v) is 26.2. The fourth-order valence-electron chi connectivity index (χ4n) is 5.81. The first-order chi connectivity index (χ1) is 22.2. The highest BCUT2D eigenvalue weighted by Gasteiger charge is 2.27. The van der Waals surface area contributed by atoms with Crippen molar-refractivity contribution in [1.82, 2.24) is 4.57 Å². The second-order valence-corrected chi connectivity index (χ2v) is 11.9. The molecule has 1 aromatic heterocycles. The van der Waals surface area contributed by atoms with E-state index in [0.29, 0.717) is 37.6 Å². The molecule has 14 nitrogen and oxygen atoms in total. The lowest BCUT2D eigenvalue weighted by molar-refractivity contribution is -0.384. The highest BCUT2D eigenvalue weighted by molar-refractivity contribution is 7.07. The third kappa shape index (κ3) is 7.14. The Bertz CT molecular complexity index is 1740. The number of esters is 1. The smallest absolute Gasteiger partial charge is 0.311 e. The third-order valence-electron chi connectivity index (χ3n) is 8.04. The average molecular weight is 651 g/mol. The minimum atomic E-state index is -0.828. The van der Waals surface area contributed by atoms with E-state index in [-0.39, 0.29) is 46.0 Å². The molecule has 0 N–H and O–H groups in total. The number of hydrogen-bond acceptors (Lipinski definition) is 11. The molecule has 0 aliphatic carbocycles. The molecule has 2 aromatic carbocycles. The highest BCUT2D eigenvalue weighted by atomic mass is 32.1. The van der Waals surface area contributed by atoms with Gasteiger partial charge in [-0.1, -0.05) is 0 Å². The normalized spacial score (nSPS) is 15.5. The summed E-state index contributed by atoms with van der Waals surface area (Å²) in [7, 11) is 0. The maximum absolute atomic E-state index is 13.9. The molecule has 3 aromatic rings. The van der Waals surface area contributed by atoms with Crippen molar-refractivity contribution < 1.29 is 29.0 Å². The van der Waals surface area contributed by atoms with Gasteiger partial charge in [0.2, 0.25) is 0 Å². The second kappa shape index (κ2) is 14.5. The molecule has 2 aliphatic rings. The van der Waals surface area contributed by atoms with Crippen LogP contribution in [0.3, 0.4) is 0 Å². The summed E-state index contributed by atoms with van der Waals surface area (Å²) in [6, 6.07) is 8.39. The van der Waals surface area contributed by atoms with Crippen molar-refractivity contribution in [1.29, 1.82) is 0 Å². The van der Waals surface area contributed by atoms with Gasteiger partial charge in [0, 0.05) is 60.5 Å². The molecule has 0 saturated carbocycles. The summed E-state index contributed by atoms with van der Waals surface area (Å²) in [5.41, 5.74) is 0.481. The molecule has 0 spiro atoms. The Hall–Kier alpha value is -4.92. The first kappa shape index (κ1) is 32.5. The number of rotatable bonds is 9. The molecule has 0 atom stereocenters. The molecule has 1 amide bonds. The van der Waals surface area contributed by atoms with Crippen LogP contribution in [0.5, 0.6) is 0 Å². The summed E-state index contributed by atoms with van der Waals surface area (Å²) >= 11 is 0.918. The summed E-state index contributed by atoms with van der Waals surface area (Å²) in [5, 5.41) is 25.5. The summed E-state index contributed by atoms with van der Waals surface area (Å²) in [5.74, 6) is -2.17. The van der Waals surface area contributed by atoms with Crippen LogP contribution < -0.4 is 14.6 Å². The van der Waals surface area contributed by atoms with Gasteiger partial charge >= 0.3 is 5.97 Å². The Balaban J connectivity index is 1.54. The lowest BCUT2D eigenvalue weighted by atomic mass is 10.1. The molecule has 3 heterocycles. The Labute approximate surface area is 268 Å². The fourth-order valence-corrected chi connectivity index (χ4v) is 6.68. The maximum atomic E-state index is 13.9. The monoisotopic (exact) mass is 650 g/mol. The number of hydrogen-bond donors (Lipinski definition) is 0. The van der Waals surface area contributed by atoms with Crippen LogP contribution in [0, 0.1) is 20.2 Å². The van der Waals surface area contributed by atoms with E-state index in [4.69, 9.17) is 4.74 Å². The molecule has 46 heavy (non-hydrogen) atoms. The third-order valence-corrected chi connectivity index (χ3v) is 8.92. The topological polar surface area (TPSA) is 170 Å². The van der Waals surface area contributed by atoms with Crippen LogP contribution >= 0.6 is 11.3 Å². The summed E-state index contributed by atoms with van der Waals surface area (Å²) in [4.78, 5) is 70.6. The van der Waals surface area contributed by atoms with Gasteiger partial charge in [0.15, 0.2) is 4.80 Å². The van der Waals surface area contributed by atoms with Crippen LogP contribution in [0.1, 0.15) is 71.9 Å². The number of amides is 1. The largest absolute Gasteiger partial charge is 0.466 e. The standard InChI is InChI=1S/C31H34N6O8S/c1-2-45-28(38)19-23-20-46-31(32-29(39)21-9-11-24(26(17-21)36(41)42)33-13-5-3-6-14-33)35(23)30(40)22-10-12-25(27(18-22)37(43)44)34-15-7-4-8-16-34/h9-12,17-18,20H,2-8,13-16,19H2,1H3. The van der Waals surface area contributed by atoms with Crippen molar-refractivity contribution in [3.8, 4) is 0 Å². The number of carbonyl (C=O) groups excluding carboxylic acids is 3. The van der Waals surface area contributed by atoms with Crippen LogP contribution in [-0.4, -0.2) is 65.0 Å². The summed E-state index contributed by atoms with van der Waals surface area (Å²) in [6.07, 6.45) is 5.42. The average Bonchev–Trinajstić information content (AvgIpc) is 3.45. The number of nitrogens with zero attached hydrogens (tertiary/aromatic N) is 6. The molecule has 2 saturated heterocycles. The van der Waals surface area contributed by atoms with Crippen LogP contribution in [0.25, 0.3) is 0 Å². The number of thiazole rings is 1. The van der Waals surface area contributed by atoms with Gasteiger partial charge < -0.3 is 14.5 Å². The van der Waals surface area contributed by atoms with E-state index in [0.717, 1.165) is 54.4 Å². The van der Waals surface area contributed by atoms with E-state index in [2.05, 4.69) is 4.99 Å². The van der Waals surface area contributed by atoms with E-state index in [9.17, 15) is 34.6 Å². The molecule has 15 heteroatoms. The van der Waals surface area contributed by atoms with Gasteiger partial charge in [-0.15, -0.1) is 11.3 Å². The Kier molecular flexibility index (Phi) is 10.2. The van der Waals surface area contributed by atoms with Gasteiger partial charge in [-0.2, -0.15) is 4.99 Å². The number of ether oxygens (including phenoxy) is 1. The van der Waals surface area contributed by atoms with Gasteiger partial charge in [0.1, 0.15) is 11.4 Å². The minimum Gasteiger partial charge on any atom is -0.466 e. The summed E-state index contributed by atoms with van der Waals surface area (Å²) in [6.45, 7) is 4.44. The number of benzene rings is 2. The molecule has 0 bridgehead atoms. The van der Waals surface area contributed by atoms with Crippen LogP contribution in [0.4, 0.5) is 22.7 Å². The molecule has 5 rings (SSSR count). The first-order valence-corrected chi connectivity index (χ1v) is 16.1. The van der Waals surface area contributed by atoms with Gasteiger partial charge in [0.25, 0.3) is 23.2 Å². The number of nitro benzene ring substituents is 2. The highest BCUT2D eigenvalue weighted by Crippen LogP contribution is 2.33. The summed E-state index contributed by atoms with van der Waals surface area (Å²) < 4.78 is 6.12.